The van der Waals surface area contributed by atoms with E-state index in [1.807, 2.05) is 41.5 Å². The lowest BCUT2D eigenvalue weighted by molar-refractivity contribution is -0.0843. The SMILES string of the molecule is CCOC(OCC)[SiH2]CC([SiH2]C(OCC)OCC)[Si](Cl)(OCC)OCC. The van der Waals surface area contributed by atoms with Crippen LogP contribution < -0.4 is 0 Å². The molecule has 0 saturated heterocycles. The molecule has 0 rings (SSSR count). The molecule has 0 spiro atoms. The van der Waals surface area contributed by atoms with Crippen LogP contribution in [-0.2, 0) is 27.8 Å². The Kier molecular flexibility index (Phi) is 17.1. The van der Waals surface area contributed by atoms with Gasteiger partial charge in [-0.15, -0.1) is 0 Å². The van der Waals surface area contributed by atoms with E-state index in [9.17, 15) is 0 Å². The molecule has 0 N–H and O–H groups in total. The lowest BCUT2D eigenvalue weighted by Crippen LogP contribution is -2.48. The fourth-order valence-electron chi connectivity index (χ4n) is 2.81. The minimum absolute atomic E-state index is 0.0858. The zero-order chi connectivity index (χ0) is 19.8. The monoisotopic (exact) mass is 446 g/mol. The Bertz CT molecular complexity index is 312. The molecule has 158 valence electrons. The van der Waals surface area contributed by atoms with Crippen molar-refractivity contribution >= 4 is 38.0 Å². The highest BCUT2D eigenvalue weighted by Crippen LogP contribution is 2.32. The molecule has 0 aromatic carbocycles. The van der Waals surface area contributed by atoms with Crippen molar-refractivity contribution < 1.29 is 27.8 Å². The molecule has 0 aliphatic heterocycles. The number of halogens is 1. The Morgan fingerprint density at radius 2 is 1.12 bits per heavy atom. The Morgan fingerprint density at radius 1 is 0.692 bits per heavy atom. The highest BCUT2D eigenvalue weighted by Gasteiger charge is 2.46. The maximum atomic E-state index is 6.95. The van der Waals surface area contributed by atoms with Crippen LogP contribution in [-0.4, -0.2) is 78.4 Å². The molecule has 0 amide bonds. The summed E-state index contributed by atoms with van der Waals surface area (Å²) in [4.78, 5) is 0. The fraction of sp³-hybridized carbons (Fsp3) is 1.00. The molecule has 0 saturated carbocycles. The summed E-state index contributed by atoms with van der Waals surface area (Å²) in [6.45, 7) is 15.6. The predicted molar refractivity (Wildman–Crippen MR) is 115 cm³/mol. The van der Waals surface area contributed by atoms with Gasteiger partial charge in [0.05, 0.1) is 19.0 Å². The Balaban J connectivity index is 5.21. The van der Waals surface area contributed by atoms with Gasteiger partial charge >= 0.3 is 7.87 Å². The molecule has 1 unspecified atom stereocenters. The molecule has 1 atom stereocenters. The molecule has 0 radical (unpaired) electrons. The van der Waals surface area contributed by atoms with Gasteiger partial charge in [-0.1, -0.05) is 17.1 Å². The van der Waals surface area contributed by atoms with E-state index in [2.05, 4.69) is 0 Å². The Hall–Kier alpha value is 0.701. The first kappa shape index (κ1) is 26.7. The lowest BCUT2D eigenvalue weighted by Gasteiger charge is -2.33. The normalized spacial score (nSPS) is 14.7. The summed E-state index contributed by atoms with van der Waals surface area (Å²) in [5.41, 5.74) is 0. The van der Waals surface area contributed by atoms with Crippen LogP contribution in [0.15, 0.2) is 0 Å². The maximum Gasteiger partial charge on any atom is 0.442 e. The van der Waals surface area contributed by atoms with Crippen molar-refractivity contribution in [3.05, 3.63) is 0 Å². The van der Waals surface area contributed by atoms with E-state index in [0.717, 1.165) is 6.04 Å². The van der Waals surface area contributed by atoms with Crippen molar-refractivity contribution in [3.63, 3.8) is 0 Å². The average Bonchev–Trinajstić information content (AvgIpc) is 2.59. The van der Waals surface area contributed by atoms with E-state index in [0.29, 0.717) is 39.6 Å². The van der Waals surface area contributed by atoms with Crippen LogP contribution in [0.3, 0.4) is 0 Å². The average molecular weight is 447 g/mol. The number of hydrogen-bond acceptors (Lipinski definition) is 6. The van der Waals surface area contributed by atoms with Crippen molar-refractivity contribution in [1.29, 1.82) is 0 Å². The fourth-order valence-corrected chi connectivity index (χ4v) is 15.2. The van der Waals surface area contributed by atoms with Crippen LogP contribution in [0.4, 0.5) is 0 Å². The van der Waals surface area contributed by atoms with Crippen molar-refractivity contribution in [2.24, 2.45) is 0 Å². The van der Waals surface area contributed by atoms with Crippen molar-refractivity contribution in [2.45, 2.75) is 64.6 Å². The zero-order valence-electron chi connectivity index (χ0n) is 17.4. The standard InChI is InChI=1S/C16H39ClO6Si3/c1-7-18-15(19-8-2)24-13-14(25-16(20-9-3)21-10-4)26(17,22-11-5)23-12-6/h14-16H,7-13,24-25H2,1-6H3. The van der Waals surface area contributed by atoms with E-state index in [1.54, 1.807) is 0 Å². The molecule has 6 nitrogen and oxygen atoms in total. The van der Waals surface area contributed by atoms with Gasteiger partial charge in [0.15, 0.2) is 0 Å². The van der Waals surface area contributed by atoms with Gasteiger partial charge in [-0.25, -0.2) is 0 Å². The van der Waals surface area contributed by atoms with E-state index in [1.165, 1.54) is 0 Å². The third-order valence-corrected chi connectivity index (χ3v) is 16.3. The maximum absolute atomic E-state index is 6.95. The van der Waals surface area contributed by atoms with Crippen LogP contribution in [0.2, 0.25) is 11.2 Å². The van der Waals surface area contributed by atoms with Gasteiger partial charge in [0, 0.05) is 44.8 Å². The van der Waals surface area contributed by atoms with E-state index >= 15 is 0 Å². The van der Waals surface area contributed by atoms with Crippen LogP contribution in [0.1, 0.15) is 41.5 Å². The first-order chi connectivity index (χ1) is 12.5. The second kappa shape index (κ2) is 16.6. The van der Waals surface area contributed by atoms with Gasteiger partial charge in [-0.05, 0) is 41.5 Å². The summed E-state index contributed by atoms with van der Waals surface area (Å²) in [5.74, 6) is -0.245. The zero-order valence-corrected chi connectivity index (χ0v) is 22.0. The van der Waals surface area contributed by atoms with E-state index in [4.69, 9.17) is 38.9 Å². The summed E-state index contributed by atoms with van der Waals surface area (Å²) in [6.07, 6.45) is 0. The van der Waals surface area contributed by atoms with Crippen LogP contribution >= 0.6 is 11.1 Å². The minimum Gasteiger partial charge on any atom is -0.383 e. The summed E-state index contributed by atoms with van der Waals surface area (Å²) in [5, 5.41) is 0.197. The number of ether oxygens (including phenoxy) is 4. The second-order valence-corrected chi connectivity index (χ2v) is 14.5. The molecule has 26 heavy (non-hydrogen) atoms. The van der Waals surface area contributed by atoms with Crippen molar-refractivity contribution in [2.75, 3.05) is 39.6 Å². The summed E-state index contributed by atoms with van der Waals surface area (Å²) in [6, 6.07) is 0.962. The third-order valence-electron chi connectivity index (χ3n) is 3.81. The van der Waals surface area contributed by atoms with Gasteiger partial charge in [0.2, 0.25) is 0 Å². The first-order valence-corrected chi connectivity index (χ1v) is 16.3. The molecule has 0 bridgehead atoms. The van der Waals surface area contributed by atoms with E-state index < -0.39 is 26.9 Å². The quantitative estimate of drug-likeness (QED) is 0.182. The largest absolute Gasteiger partial charge is 0.442 e. The van der Waals surface area contributed by atoms with Crippen LogP contribution in [0.25, 0.3) is 0 Å². The molecule has 0 aliphatic rings. The molecular formula is C16H39ClO6Si3. The summed E-state index contributed by atoms with van der Waals surface area (Å²) in [7, 11) is -4.31. The Morgan fingerprint density at radius 3 is 1.50 bits per heavy atom. The summed E-state index contributed by atoms with van der Waals surface area (Å²) < 4.78 is 35.1. The smallest absolute Gasteiger partial charge is 0.383 e. The lowest BCUT2D eigenvalue weighted by atomic mass is 10.8. The molecule has 0 fully saturated rings. The molecule has 10 heteroatoms. The van der Waals surface area contributed by atoms with Gasteiger partial charge in [-0.2, -0.15) is 0 Å². The van der Waals surface area contributed by atoms with Crippen LogP contribution in [0, 0.1) is 0 Å². The van der Waals surface area contributed by atoms with Gasteiger partial charge in [0.1, 0.15) is 11.8 Å². The summed E-state index contributed by atoms with van der Waals surface area (Å²) >= 11 is 6.95. The molecular weight excluding hydrogens is 408 g/mol. The number of rotatable bonds is 18. The molecule has 0 aromatic rings. The highest BCUT2D eigenvalue weighted by molar-refractivity contribution is 7.16. The second-order valence-electron chi connectivity index (χ2n) is 5.64. The number of hydrogen-bond donors (Lipinski definition) is 0. The van der Waals surface area contributed by atoms with Gasteiger partial charge in [0.25, 0.3) is 0 Å². The minimum atomic E-state index is -2.81. The molecule has 0 aliphatic carbocycles. The highest BCUT2D eigenvalue weighted by atomic mass is 35.6. The van der Waals surface area contributed by atoms with E-state index in [-0.39, 0.29) is 17.0 Å². The predicted octanol–water partition coefficient (Wildman–Crippen LogP) is 2.03. The van der Waals surface area contributed by atoms with Crippen LogP contribution in [0.5, 0.6) is 0 Å². The first-order valence-electron chi connectivity index (χ1n) is 9.94. The molecule has 0 aromatic heterocycles. The molecule has 0 heterocycles. The van der Waals surface area contributed by atoms with Crippen molar-refractivity contribution in [3.8, 4) is 0 Å². The topological polar surface area (TPSA) is 55.4 Å². The Labute approximate surface area is 170 Å². The van der Waals surface area contributed by atoms with Gasteiger partial charge in [-0.3, -0.25) is 0 Å². The van der Waals surface area contributed by atoms with Crippen molar-refractivity contribution in [1.82, 2.24) is 0 Å². The van der Waals surface area contributed by atoms with Gasteiger partial charge < -0.3 is 27.8 Å². The third kappa shape index (κ3) is 10.9.